The van der Waals surface area contributed by atoms with Gasteiger partial charge in [-0.2, -0.15) is 0 Å². The van der Waals surface area contributed by atoms with Gasteiger partial charge in [-0.25, -0.2) is 0 Å². The molecule has 1 nitrogen and oxygen atoms in total. The van der Waals surface area contributed by atoms with Crippen molar-refractivity contribution in [3.05, 3.63) is 59.2 Å². The summed E-state index contributed by atoms with van der Waals surface area (Å²) in [5.74, 6) is 0. The van der Waals surface area contributed by atoms with Crippen LogP contribution in [0.25, 0.3) is 22.0 Å². The van der Waals surface area contributed by atoms with Crippen LogP contribution < -0.4 is 0 Å². The number of halogens is 1. The summed E-state index contributed by atoms with van der Waals surface area (Å²) in [6.45, 7) is 0. The fourth-order valence-corrected chi connectivity index (χ4v) is 2.70. The molecule has 18 heavy (non-hydrogen) atoms. The monoisotopic (exact) mass is 315 g/mol. The van der Waals surface area contributed by atoms with Gasteiger partial charge in [0.1, 0.15) is 0 Å². The molecule has 3 rings (SSSR count). The van der Waals surface area contributed by atoms with E-state index in [1.807, 2.05) is 42.6 Å². The van der Waals surface area contributed by atoms with E-state index in [2.05, 4.69) is 45.7 Å². The highest BCUT2D eigenvalue weighted by Crippen LogP contribution is 2.32. The second-order valence-corrected chi connectivity index (χ2v) is 5.43. The number of nitrogens with zero attached hydrogens (tertiary/aromatic N) is 1. The van der Waals surface area contributed by atoms with Gasteiger partial charge in [-0.3, -0.25) is 4.98 Å². The summed E-state index contributed by atoms with van der Waals surface area (Å²) < 4.78 is 1.06. The minimum atomic E-state index is 0.977. The first-order valence-electron chi connectivity index (χ1n) is 5.58. The first-order valence-corrected chi connectivity index (χ1v) is 6.82. The molecule has 0 aliphatic carbocycles. The number of hydrogen-bond donors (Lipinski definition) is 1. The van der Waals surface area contributed by atoms with Crippen LogP contribution >= 0.6 is 28.6 Å². The van der Waals surface area contributed by atoms with Gasteiger partial charge in [0.25, 0.3) is 0 Å². The highest BCUT2D eigenvalue weighted by Gasteiger charge is 2.07. The molecule has 0 aliphatic rings. The fourth-order valence-electron chi connectivity index (χ4n) is 2.05. The van der Waals surface area contributed by atoms with E-state index in [-0.39, 0.29) is 0 Å². The maximum absolute atomic E-state index is 4.53. The first-order chi connectivity index (χ1) is 8.75. The van der Waals surface area contributed by atoms with E-state index in [9.17, 15) is 0 Å². The third kappa shape index (κ3) is 2.04. The summed E-state index contributed by atoms with van der Waals surface area (Å²) in [6.07, 6.45) is 1.84. The van der Waals surface area contributed by atoms with Crippen LogP contribution in [-0.4, -0.2) is 4.98 Å². The lowest BCUT2D eigenvalue weighted by atomic mass is 10.0. The van der Waals surface area contributed by atoms with Gasteiger partial charge < -0.3 is 0 Å². The maximum atomic E-state index is 4.53. The second kappa shape index (κ2) is 4.75. The molecular formula is C15H10BrNS. The second-order valence-electron chi connectivity index (χ2n) is 4.04. The summed E-state index contributed by atoms with van der Waals surface area (Å²) >= 11 is 8.04. The molecule has 3 heteroatoms. The zero-order valence-electron chi connectivity index (χ0n) is 9.47. The normalized spacial score (nSPS) is 10.8. The van der Waals surface area contributed by atoms with E-state index in [1.54, 1.807) is 0 Å². The van der Waals surface area contributed by atoms with Crippen LogP contribution in [0.15, 0.2) is 64.1 Å². The Morgan fingerprint density at radius 1 is 0.944 bits per heavy atom. The minimum Gasteiger partial charge on any atom is -0.256 e. The number of aromatic nitrogens is 1. The predicted molar refractivity (Wildman–Crippen MR) is 82.1 cm³/mol. The minimum absolute atomic E-state index is 0.977. The van der Waals surface area contributed by atoms with Gasteiger partial charge in [-0.1, -0.05) is 34.1 Å². The molecule has 1 aromatic heterocycles. The molecule has 0 fully saturated rings. The lowest BCUT2D eigenvalue weighted by molar-refractivity contribution is 1.39. The van der Waals surface area contributed by atoms with Crippen LogP contribution in [0.3, 0.4) is 0 Å². The number of hydrogen-bond acceptors (Lipinski definition) is 2. The maximum Gasteiger partial charge on any atom is 0.0708 e. The summed E-state index contributed by atoms with van der Waals surface area (Å²) in [7, 11) is 0. The van der Waals surface area contributed by atoms with Crippen molar-refractivity contribution in [3.8, 4) is 11.1 Å². The Balaban J connectivity index is 2.36. The Kier molecular flexibility index (Phi) is 3.10. The zero-order chi connectivity index (χ0) is 12.5. The van der Waals surface area contributed by atoms with Crippen molar-refractivity contribution < 1.29 is 0 Å². The van der Waals surface area contributed by atoms with Crippen LogP contribution in [0.1, 0.15) is 0 Å². The molecular weight excluding hydrogens is 306 g/mol. The molecule has 0 amide bonds. The van der Waals surface area contributed by atoms with Crippen molar-refractivity contribution >= 4 is 39.5 Å². The summed E-state index contributed by atoms with van der Waals surface area (Å²) in [6, 6.07) is 16.3. The highest BCUT2D eigenvalue weighted by molar-refractivity contribution is 9.10. The molecule has 0 saturated carbocycles. The molecule has 0 bridgehead atoms. The molecule has 2 aromatic carbocycles. The number of thiol groups is 1. The van der Waals surface area contributed by atoms with Crippen molar-refractivity contribution in [2.45, 2.75) is 4.90 Å². The Bertz CT molecular complexity index is 725. The first kappa shape index (κ1) is 11.8. The molecule has 0 radical (unpaired) electrons. The van der Waals surface area contributed by atoms with E-state index < -0.39 is 0 Å². The molecule has 0 saturated heterocycles. The van der Waals surface area contributed by atoms with Crippen molar-refractivity contribution in [1.82, 2.24) is 4.98 Å². The molecule has 0 N–H and O–H groups in total. The topological polar surface area (TPSA) is 12.9 Å². The lowest BCUT2D eigenvalue weighted by Crippen LogP contribution is -1.85. The van der Waals surface area contributed by atoms with Crippen LogP contribution in [0, 0.1) is 0 Å². The predicted octanol–water partition coefficient (Wildman–Crippen LogP) is 4.95. The van der Waals surface area contributed by atoms with Crippen molar-refractivity contribution in [2.75, 3.05) is 0 Å². The number of benzene rings is 2. The summed E-state index contributed by atoms with van der Waals surface area (Å²) in [5.41, 5.74) is 3.28. The molecule has 0 aliphatic heterocycles. The molecule has 3 aromatic rings. The van der Waals surface area contributed by atoms with Gasteiger partial charge in [0.15, 0.2) is 0 Å². The van der Waals surface area contributed by atoms with Gasteiger partial charge in [0.2, 0.25) is 0 Å². The van der Waals surface area contributed by atoms with Crippen LogP contribution in [0.4, 0.5) is 0 Å². The average molecular weight is 316 g/mol. The molecule has 88 valence electrons. The molecule has 0 unspecified atom stereocenters. The SMILES string of the molecule is Sc1ccccc1-c1ccnc2ccc(Br)cc12. The zero-order valence-corrected chi connectivity index (χ0v) is 11.9. The van der Waals surface area contributed by atoms with Crippen LogP contribution in [0.2, 0.25) is 0 Å². The van der Waals surface area contributed by atoms with E-state index in [0.717, 1.165) is 31.4 Å². The Labute approximate surface area is 119 Å². The van der Waals surface area contributed by atoms with Gasteiger partial charge in [0.05, 0.1) is 5.52 Å². The van der Waals surface area contributed by atoms with Crippen molar-refractivity contribution in [1.29, 1.82) is 0 Å². The summed E-state index contributed by atoms with van der Waals surface area (Å²) in [5, 5.41) is 1.13. The number of pyridine rings is 1. The Morgan fingerprint density at radius 2 is 1.78 bits per heavy atom. The van der Waals surface area contributed by atoms with Crippen molar-refractivity contribution in [2.24, 2.45) is 0 Å². The van der Waals surface area contributed by atoms with Gasteiger partial charge in [-0.05, 0) is 41.5 Å². The molecule has 1 heterocycles. The van der Waals surface area contributed by atoms with Gasteiger partial charge in [0, 0.05) is 21.0 Å². The standard InChI is InChI=1S/C15H10BrNS/c16-10-5-6-14-13(9-10)11(7-8-17-14)12-3-1-2-4-15(12)18/h1-9,18H. The fraction of sp³-hybridized carbons (Fsp3) is 0. The van der Waals surface area contributed by atoms with Gasteiger partial charge >= 0.3 is 0 Å². The Morgan fingerprint density at radius 3 is 2.61 bits per heavy atom. The van der Waals surface area contributed by atoms with Crippen LogP contribution in [-0.2, 0) is 0 Å². The van der Waals surface area contributed by atoms with E-state index in [1.165, 1.54) is 0 Å². The van der Waals surface area contributed by atoms with E-state index in [0.29, 0.717) is 0 Å². The third-order valence-corrected chi connectivity index (χ3v) is 3.78. The van der Waals surface area contributed by atoms with Crippen molar-refractivity contribution in [3.63, 3.8) is 0 Å². The van der Waals surface area contributed by atoms with Crippen LogP contribution in [0.5, 0.6) is 0 Å². The largest absolute Gasteiger partial charge is 0.256 e. The Hall–Kier alpha value is -1.32. The molecule has 0 atom stereocenters. The lowest BCUT2D eigenvalue weighted by Gasteiger charge is -2.08. The number of fused-ring (bicyclic) bond motifs is 1. The van der Waals surface area contributed by atoms with E-state index in [4.69, 9.17) is 0 Å². The smallest absolute Gasteiger partial charge is 0.0708 e. The highest BCUT2D eigenvalue weighted by atomic mass is 79.9. The van der Waals surface area contributed by atoms with E-state index >= 15 is 0 Å². The average Bonchev–Trinajstić information content (AvgIpc) is 2.39. The third-order valence-electron chi connectivity index (χ3n) is 2.90. The van der Waals surface area contributed by atoms with Gasteiger partial charge in [-0.15, -0.1) is 12.6 Å². The molecule has 0 spiro atoms. The summed E-state index contributed by atoms with van der Waals surface area (Å²) in [4.78, 5) is 5.37. The number of rotatable bonds is 1. The quantitative estimate of drug-likeness (QED) is 0.627.